The average Bonchev–Trinajstić information content (AvgIpc) is 2.45. The van der Waals surface area contributed by atoms with E-state index in [2.05, 4.69) is 10.6 Å². The fourth-order valence-corrected chi connectivity index (χ4v) is 2.21. The summed E-state index contributed by atoms with van der Waals surface area (Å²) < 4.78 is 0. The lowest BCUT2D eigenvalue weighted by atomic mass is 10.00. The number of carbonyl (C=O) groups excluding carboxylic acids is 1. The highest BCUT2D eigenvalue weighted by molar-refractivity contribution is 5.95. The van der Waals surface area contributed by atoms with Crippen LogP contribution in [0, 0.1) is 5.92 Å². The number of nitrogens with one attached hydrogen (secondary N) is 2. The molecule has 0 saturated heterocycles. The van der Waals surface area contributed by atoms with E-state index >= 15 is 0 Å². The van der Waals surface area contributed by atoms with Gasteiger partial charge in [0, 0.05) is 30.4 Å². The number of carbonyl (C=O) groups is 1. The Labute approximate surface area is 114 Å². The van der Waals surface area contributed by atoms with Crippen LogP contribution < -0.4 is 10.6 Å². The molecular weight excluding hydrogens is 240 g/mol. The summed E-state index contributed by atoms with van der Waals surface area (Å²) in [5, 5.41) is 15.4. The van der Waals surface area contributed by atoms with Crippen LogP contribution in [0.1, 0.15) is 36.2 Å². The Morgan fingerprint density at radius 2 is 2.26 bits per heavy atom. The zero-order chi connectivity index (χ0) is 13.8. The molecule has 1 aliphatic rings. The van der Waals surface area contributed by atoms with Crippen LogP contribution in [0.5, 0.6) is 0 Å². The molecule has 3 N–H and O–H groups in total. The van der Waals surface area contributed by atoms with Crippen molar-refractivity contribution in [3.8, 4) is 0 Å². The quantitative estimate of drug-likeness (QED) is 0.775. The number of benzene rings is 1. The van der Waals surface area contributed by atoms with E-state index in [-0.39, 0.29) is 24.5 Å². The van der Waals surface area contributed by atoms with Gasteiger partial charge in [0.2, 0.25) is 0 Å². The number of hydrogen-bond acceptors (Lipinski definition) is 3. The zero-order valence-corrected chi connectivity index (χ0v) is 11.6. The van der Waals surface area contributed by atoms with Crippen LogP contribution in [0.25, 0.3) is 0 Å². The molecule has 1 heterocycles. The molecule has 1 aromatic carbocycles. The molecule has 0 fully saturated rings. The number of aliphatic hydroxyl groups is 1. The molecule has 4 heteroatoms. The maximum Gasteiger partial charge on any atom is 0.251 e. The van der Waals surface area contributed by atoms with Crippen LogP contribution in [-0.4, -0.2) is 30.2 Å². The molecule has 0 saturated carbocycles. The number of anilines is 1. The first-order chi connectivity index (χ1) is 9.11. The summed E-state index contributed by atoms with van der Waals surface area (Å²) in [5.74, 6) is -0.00980. The maximum atomic E-state index is 12.1. The smallest absolute Gasteiger partial charge is 0.251 e. The lowest BCUT2D eigenvalue weighted by Gasteiger charge is -2.21. The fraction of sp³-hybridized carbons (Fsp3) is 0.533. The van der Waals surface area contributed by atoms with E-state index in [1.165, 1.54) is 5.56 Å². The van der Waals surface area contributed by atoms with Crippen LogP contribution in [-0.2, 0) is 6.42 Å². The molecule has 2 atom stereocenters. The minimum atomic E-state index is -0.0684. The number of amides is 1. The second-order valence-corrected chi connectivity index (χ2v) is 5.32. The first kappa shape index (κ1) is 13.9. The van der Waals surface area contributed by atoms with Gasteiger partial charge in [-0.15, -0.1) is 0 Å². The Bertz CT molecular complexity index is 459. The van der Waals surface area contributed by atoms with Crippen molar-refractivity contribution in [3.63, 3.8) is 0 Å². The van der Waals surface area contributed by atoms with Gasteiger partial charge in [-0.25, -0.2) is 0 Å². The number of aryl methyl sites for hydroxylation is 1. The number of aliphatic hydroxyl groups excluding tert-OH is 1. The maximum absolute atomic E-state index is 12.1. The SMILES string of the molecule is CC(CO)C(C)NC(=O)c1ccc2c(c1)CCCN2. The zero-order valence-electron chi connectivity index (χ0n) is 11.6. The van der Waals surface area contributed by atoms with Crippen molar-refractivity contribution in [2.45, 2.75) is 32.7 Å². The Hall–Kier alpha value is -1.55. The summed E-state index contributed by atoms with van der Waals surface area (Å²) in [6, 6.07) is 5.76. The van der Waals surface area contributed by atoms with Crippen molar-refractivity contribution >= 4 is 11.6 Å². The van der Waals surface area contributed by atoms with Crippen LogP contribution >= 0.6 is 0 Å². The van der Waals surface area contributed by atoms with Crippen molar-refractivity contribution < 1.29 is 9.90 Å². The third-order valence-corrected chi connectivity index (χ3v) is 3.81. The number of hydrogen-bond donors (Lipinski definition) is 3. The lowest BCUT2D eigenvalue weighted by Crippen LogP contribution is -2.38. The van der Waals surface area contributed by atoms with E-state index in [4.69, 9.17) is 5.11 Å². The summed E-state index contributed by atoms with van der Waals surface area (Å²) in [6.45, 7) is 4.92. The number of fused-ring (bicyclic) bond motifs is 1. The predicted molar refractivity (Wildman–Crippen MR) is 76.4 cm³/mol. The Balaban J connectivity index is 2.07. The van der Waals surface area contributed by atoms with Crippen LogP contribution in [0.4, 0.5) is 5.69 Å². The van der Waals surface area contributed by atoms with E-state index in [0.717, 1.165) is 25.1 Å². The van der Waals surface area contributed by atoms with Gasteiger partial charge in [0.1, 0.15) is 0 Å². The van der Waals surface area contributed by atoms with Crippen molar-refractivity contribution in [3.05, 3.63) is 29.3 Å². The highest BCUT2D eigenvalue weighted by Gasteiger charge is 2.16. The molecule has 4 nitrogen and oxygen atoms in total. The molecule has 1 aliphatic heterocycles. The largest absolute Gasteiger partial charge is 0.396 e. The predicted octanol–water partition coefficient (Wildman–Crippen LogP) is 1.79. The summed E-state index contributed by atoms with van der Waals surface area (Å²) >= 11 is 0. The van der Waals surface area contributed by atoms with Gasteiger partial charge in [0.15, 0.2) is 0 Å². The minimum absolute atomic E-state index is 0.0355. The molecule has 0 bridgehead atoms. The van der Waals surface area contributed by atoms with Gasteiger partial charge in [0.25, 0.3) is 5.91 Å². The van der Waals surface area contributed by atoms with Crippen LogP contribution in [0.3, 0.4) is 0 Å². The Kier molecular flexibility index (Phi) is 4.43. The number of rotatable bonds is 4. The van der Waals surface area contributed by atoms with Gasteiger partial charge in [-0.05, 0) is 49.4 Å². The van der Waals surface area contributed by atoms with Crippen LogP contribution in [0.15, 0.2) is 18.2 Å². The summed E-state index contributed by atoms with van der Waals surface area (Å²) in [6.07, 6.45) is 2.13. The van der Waals surface area contributed by atoms with E-state index in [0.29, 0.717) is 5.56 Å². The first-order valence-electron chi connectivity index (χ1n) is 6.90. The molecule has 2 rings (SSSR count). The average molecular weight is 262 g/mol. The minimum Gasteiger partial charge on any atom is -0.396 e. The standard InChI is InChI=1S/C15H22N2O2/c1-10(9-18)11(2)17-15(19)13-5-6-14-12(8-13)4-3-7-16-14/h5-6,8,10-11,16,18H,3-4,7,9H2,1-2H3,(H,17,19). The van der Waals surface area contributed by atoms with Gasteiger partial charge >= 0.3 is 0 Å². The molecule has 0 spiro atoms. The van der Waals surface area contributed by atoms with E-state index < -0.39 is 0 Å². The first-order valence-corrected chi connectivity index (χ1v) is 6.90. The van der Waals surface area contributed by atoms with E-state index in [9.17, 15) is 4.79 Å². The van der Waals surface area contributed by atoms with Gasteiger partial charge in [-0.2, -0.15) is 0 Å². The molecule has 0 radical (unpaired) electrons. The second kappa shape index (κ2) is 6.06. The highest BCUT2D eigenvalue weighted by Crippen LogP contribution is 2.23. The fourth-order valence-electron chi connectivity index (χ4n) is 2.21. The van der Waals surface area contributed by atoms with E-state index in [1.807, 2.05) is 32.0 Å². The lowest BCUT2D eigenvalue weighted by molar-refractivity contribution is 0.0916. The van der Waals surface area contributed by atoms with Gasteiger partial charge in [0.05, 0.1) is 0 Å². The molecule has 19 heavy (non-hydrogen) atoms. The van der Waals surface area contributed by atoms with Gasteiger partial charge in [-0.3, -0.25) is 4.79 Å². The normalized spacial score (nSPS) is 17.0. The monoisotopic (exact) mass is 262 g/mol. The summed E-state index contributed by atoms with van der Waals surface area (Å²) in [5.41, 5.74) is 3.04. The molecule has 0 aromatic heterocycles. The second-order valence-electron chi connectivity index (χ2n) is 5.32. The molecule has 1 amide bonds. The van der Waals surface area contributed by atoms with Gasteiger partial charge in [-0.1, -0.05) is 6.92 Å². The van der Waals surface area contributed by atoms with Crippen molar-refractivity contribution in [2.75, 3.05) is 18.5 Å². The van der Waals surface area contributed by atoms with Crippen molar-refractivity contribution in [2.24, 2.45) is 5.92 Å². The Morgan fingerprint density at radius 1 is 1.47 bits per heavy atom. The molecular formula is C15H22N2O2. The molecule has 0 aliphatic carbocycles. The highest BCUT2D eigenvalue weighted by atomic mass is 16.3. The summed E-state index contributed by atoms with van der Waals surface area (Å²) in [7, 11) is 0. The molecule has 2 unspecified atom stereocenters. The van der Waals surface area contributed by atoms with Crippen molar-refractivity contribution in [1.82, 2.24) is 5.32 Å². The third-order valence-electron chi connectivity index (χ3n) is 3.81. The molecule has 104 valence electrons. The summed E-state index contributed by atoms with van der Waals surface area (Å²) in [4.78, 5) is 12.1. The Morgan fingerprint density at radius 3 is 3.00 bits per heavy atom. The molecule has 1 aromatic rings. The van der Waals surface area contributed by atoms with Crippen molar-refractivity contribution in [1.29, 1.82) is 0 Å². The topological polar surface area (TPSA) is 61.4 Å². The van der Waals surface area contributed by atoms with Gasteiger partial charge < -0.3 is 15.7 Å². The third kappa shape index (κ3) is 3.26. The van der Waals surface area contributed by atoms with E-state index in [1.54, 1.807) is 0 Å². The van der Waals surface area contributed by atoms with Crippen LogP contribution in [0.2, 0.25) is 0 Å².